The van der Waals surface area contributed by atoms with Gasteiger partial charge in [-0.2, -0.15) is 0 Å². The summed E-state index contributed by atoms with van der Waals surface area (Å²) in [6.45, 7) is 2.05. The number of nitrogens with one attached hydrogen (secondary N) is 1. The highest BCUT2D eigenvalue weighted by molar-refractivity contribution is 14.1. The van der Waals surface area contributed by atoms with Crippen LogP contribution in [0.15, 0.2) is 47.6 Å². The maximum atomic E-state index is 12.1. The van der Waals surface area contributed by atoms with Crippen LogP contribution in [-0.2, 0) is 0 Å². The monoisotopic (exact) mass is 408 g/mol. The van der Waals surface area contributed by atoms with Crippen LogP contribution < -0.4 is 0 Å². The number of Topliss-reactive ketones (excluding diaryl/α,β-unsaturated/α-hetero) is 1. The quantitative estimate of drug-likeness (QED) is 0.394. The fourth-order valence-electron chi connectivity index (χ4n) is 2.02. The zero-order valence-corrected chi connectivity index (χ0v) is 14.4. The molecule has 5 heteroatoms. The Kier molecular flexibility index (Phi) is 4.30. The van der Waals surface area contributed by atoms with E-state index in [4.69, 9.17) is 0 Å². The number of hydrogen-bond donors (Lipinski definition) is 1. The number of fused-ring (bicyclic) bond motifs is 1. The zero-order valence-electron chi connectivity index (χ0n) is 11.4. The summed E-state index contributed by atoms with van der Waals surface area (Å²) in [5.41, 5.74) is 3.89. The molecule has 0 fully saturated rings. The molecule has 3 aromatic rings. The summed E-state index contributed by atoms with van der Waals surface area (Å²) in [4.78, 5) is 19.9. The Morgan fingerprint density at radius 1 is 1.24 bits per heavy atom. The van der Waals surface area contributed by atoms with Gasteiger partial charge in [-0.25, -0.2) is 4.98 Å². The lowest BCUT2D eigenvalue weighted by Crippen LogP contribution is -2.02. The van der Waals surface area contributed by atoms with E-state index in [9.17, 15) is 4.79 Å². The number of H-pyrrole nitrogens is 1. The summed E-state index contributed by atoms with van der Waals surface area (Å²) in [7, 11) is 0. The van der Waals surface area contributed by atoms with E-state index in [-0.39, 0.29) is 5.78 Å². The molecule has 0 atom stereocenters. The summed E-state index contributed by atoms with van der Waals surface area (Å²) >= 11 is 3.67. The highest BCUT2D eigenvalue weighted by atomic mass is 127. The number of imidazole rings is 1. The van der Waals surface area contributed by atoms with Gasteiger partial charge in [0, 0.05) is 9.13 Å². The third kappa shape index (κ3) is 3.47. The normalized spacial score (nSPS) is 11.0. The Morgan fingerprint density at radius 2 is 2.00 bits per heavy atom. The van der Waals surface area contributed by atoms with Crippen LogP contribution in [0.25, 0.3) is 11.0 Å². The van der Waals surface area contributed by atoms with Crippen LogP contribution in [0, 0.1) is 10.5 Å². The van der Waals surface area contributed by atoms with Crippen LogP contribution in [0.3, 0.4) is 0 Å². The number of halogens is 1. The topological polar surface area (TPSA) is 45.8 Å². The van der Waals surface area contributed by atoms with E-state index in [2.05, 4.69) is 38.6 Å². The second kappa shape index (κ2) is 6.19. The highest BCUT2D eigenvalue weighted by Crippen LogP contribution is 2.21. The Hall–Kier alpha value is -1.34. The van der Waals surface area contributed by atoms with Crippen molar-refractivity contribution in [3.8, 4) is 0 Å². The maximum absolute atomic E-state index is 12.1. The molecule has 1 N–H and O–H groups in total. The van der Waals surface area contributed by atoms with E-state index in [1.807, 2.05) is 43.3 Å². The SMILES string of the molecule is Cc1ccc2nc(SCC(=O)c3ccc(I)cc3)[nH]c2c1. The molecule has 0 saturated carbocycles. The van der Waals surface area contributed by atoms with Crippen molar-refractivity contribution in [1.82, 2.24) is 9.97 Å². The van der Waals surface area contributed by atoms with Crippen LogP contribution >= 0.6 is 34.4 Å². The smallest absolute Gasteiger partial charge is 0.173 e. The number of benzene rings is 2. The van der Waals surface area contributed by atoms with Gasteiger partial charge in [0.05, 0.1) is 16.8 Å². The molecule has 0 bridgehead atoms. The summed E-state index contributed by atoms with van der Waals surface area (Å²) in [6, 6.07) is 13.7. The number of aryl methyl sites for hydroxylation is 1. The number of thioether (sulfide) groups is 1. The van der Waals surface area contributed by atoms with Gasteiger partial charge in [-0.1, -0.05) is 30.0 Å². The molecule has 0 unspecified atom stereocenters. The van der Waals surface area contributed by atoms with Crippen molar-refractivity contribution in [3.05, 3.63) is 57.2 Å². The molecule has 3 rings (SSSR count). The number of carbonyl (C=O) groups is 1. The molecule has 0 aliphatic heterocycles. The van der Waals surface area contributed by atoms with E-state index < -0.39 is 0 Å². The van der Waals surface area contributed by atoms with Gasteiger partial charge in [0.1, 0.15) is 0 Å². The fraction of sp³-hybridized carbons (Fsp3) is 0.125. The molecule has 0 spiro atoms. The van der Waals surface area contributed by atoms with Gasteiger partial charge in [-0.3, -0.25) is 4.79 Å². The highest BCUT2D eigenvalue weighted by Gasteiger charge is 2.09. The molecule has 0 saturated heterocycles. The first-order valence-electron chi connectivity index (χ1n) is 6.50. The van der Waals surface area contributed by atoms with Crippen molar-refractivity contribution >= 4 is 51.2 Å². The molecule has 3 nitrogen and oxygen atoms in total. The van der Waals surface area contributed by atoms with E-state index >= 15 is 0 Å². The van der Waals surface area contributed by atoms with Gasteiger partial charge in [-0.05, 0) is 59.3 Å². The molecule has 0 radical (unpaired) electrons. The van der Waals surface area contributed by atoms with Gasteiger partial charge in [-0.15, -0.1) is 0 Å². The first kappa shape index (κ1) is 14.6. The third-order valence-electron chi connectivity index (χ3n) is 3.12. The van der Waals surface area contributed by atoms with Crippen molar-refractivity contribution in [2.24, 2.45) is 0 Å². The number of aromatic nitrogens is 2. The first-order chi connectivity index (χ1) is 10.1. The van der Waals surface area contributed by atoms with Crippen LogP contribution in [0.2, 0.25) is 0 Å². The number of nitrogens with zero attached hydrogens (tertiary/aromatic N) is 1. The van der Waals surface area contributed by atoms with E-state index in [0.29, 0.717) is 5.75 Å². The Labute approximate surface area is 140 Å². The number of aromatic amines is 1. The molecule has 106 valence electrons. The number of hydrogen-bond acceptors (Lipinski definition) is 3. The Balaban J connectivity index is 1.71. The van der Waals surface area contributed by atoms with Crippen LogP contribution in [0.5, 0.6) is 0 Å². The molecular formula is C16H13IN2OS. The molecule has 0 aliphatic carbocycles. The minimum Gasteiger partial charge on any atom is -0.333 e. The molecule has 2 aromatic carbocycles. The van der Waals surface area contributed by atoms with Crippen LogP contribution in [0.4, 0.5) is 0 Å². The van der Waals surface area contributed by atoms with Crippen molar-refractivity contribution in [3.63, 3.8) is 0 Å². The second-order valence-electron chi connectivity index (χ2n) is 4.78. The molecule has 0 amide bonds. The van der Waals surface area contributed by atoms with Crippen LogP contribution in [-0.4, -0.2) is 21.5 Å². The Morgan fingerprint density at radius 3 is 2.76 bits per heavy atom. The first-order valence-corrected chi connectivity index (χ1v) is 8.56. The summed E-state index contributed by atoms with van der Waals surface area (Å²) < 4.78 is 1.13. The molecule has 0 aliphatic rings. The lowest BCUT2D eigenvalue weighted by atomic mass is 10.2. The predicted molar refractivity (Wildman–Crippen MR) is 95.0 cm³/mol. The van der Waals surface area contributed by atoms with Gasteiger partial charge < -0.3 is 4.98 Å². The fourth-order valence-corrected chi connectivity index (χ4v) is 3.16. The second-order valence-corrected chi connectivity index (χ2v) is 6.99. The lowest BCUT2D eigenvalue weighted by molar-refractivity contribution is 0.102. The predicted octanol–water partition coefficient (Wildman–Crippen LogP) is 4.45. The van der Waals surface area contributed by atoms with Gasteiger partial charge in [0.15, 0.2) is 10.9 Å². The van der Waals surface area contributed by atoms with E-state index in [1.54, 1.807) is 0 Å². The summed E-state index contributed by atoms with van der Waals surface area (Å²) in [6.07, 6.45) is 0. The molecule has 1 aromatic heterocycles. The zero-order chi connectivity index (χ0) is 14.8. The van der Waals surface area contributed by atoms with Gasteiger partial charge in [0.25, 0.3) is 0 Å². The largest absolute Gasteiger partial charge is 0.333 e. The van der Waals surface area contributed by atoms with E-state index in [1.165, 1.54) is 17.3 Å². The maximum Gasteiger partial charge on any atom is 0.173 e. The lowest BCUT2D eigenvalue weighted by Gasteiger charge is -1.99. The van der Waals surface area contributed by atoms with Crippen molar-refractivity contribution in [2.45, 2.75) is 12.1 Å². The standard InChI is InChI=1S/C16H13IN2OS/c1-10-2-7-13-14(8-10)19-16(18-13)21-9-15(20)11-3-5-12(17)6-4-11/h2-8H,9H2,1H3,(H,18,19). The van der Waals surface area contributed by atoms with Crippen molar-refractivity contribution in [2.75, 3.05) is 5.75 Å². The average Bonchev–Trinajstić information content (AvgIpc) is 2.87. The number of carbonyl (C=O) groups excluding carboxylic acids is 1. The summed E-state index contributed by atoms with van der Waals surface area (Å²) in [5, 5.41) is 0.787. The molecule has 1 heterocycles. The molecular weight excluding hydrogens is 395 g/mol. The number of ketones is 1. The van der Waals surface area contributed by atoms with Crippen molar-refractivity contribution < 1.29 is 4.79 Å². The summed E-state index contributed by atoms with van der Waals surface area (Å²) in [5.74, 6) is 0.507. The number of rotatable bonds is 4. The minimum atomic E-state index is 0.119. The Bertz CT molecular complexity index is 796. The minimum absolute atomic E-state index is 0.119. The van der Waals surface area contributed by atoms with Gasteiger partial charge >= 0.3 is 0 Å². The van der Waals surface area contributed by atoms with E-state index in [0.717, 1.165) is 25.3 Å². The van der Waals surface area contributed by atoms with Crippen molar-refractivity contribution in [1.29, 1.82) is 0 Å². The van der Waals surface area contributed by atoms with Crippen LogP contribution in [0.1, 0.15) is 15.9 Å². The molecule has 21 heavy (non-hydrogen) atoms. The average molecular weight is 408 g/mol. The third-order valence-corrected chi connectivity index (χ3v) is 4.71. The van der Waals surface area contributed by atoms with Gasteiger partial charge in [0.2, 0.25) is 0 Å².